The van der Waals surface area contributed by atoms with E-state index in [4.69, 9.17) is 4.74 Å². The van der Waals surface area contributed by atoms with E-state index in [2.05, 4.69) is 5.32 Å². The SMILES string of the molecule is Cc1ccc(O[C@H](C)C(=O)Nc2ccc(O)cc2)cc1. The van der Waals surface area contributed by atoms with E-state index in [0.29, 0.717) is 11.4 Å². The normalized spacial score (nSPS) is 11.7. The molecule has 2 aromatic rings. The van der Waals surface area contributed by atoms with Gasteiger partial charge in [0, 0.05) is 5.69 Å². The molecule has 0 aliphatic rings. The number of carbonyl (C=O) groups is 1. The number of amides is 1. The first-order valence-electron chi connectivity index (χ1n) is 6.38. The first-order valence-corrected chi connectivity index (χ1v) is 6.38. The zero-order valence-corrected chi connectivity index (χ0v) is 11.5. The summed E-state index contributed by atoms with van der Waals surface area (Å²) in [5, 5.41) is 11.9. The molecule has 0 radical (unpaired) electrons. The van der Waals surface area contributed by atoms with Gasteiger partial charge in [0.1, 0.15) is 11.5 Å². The van der Waals surface area contributed by atoms with Gasteiger partial charge in [-0.1, -0.05) is 17.7 Å². The highest BCUT2D eigenvalue weighted by Crippen LogP contribution is 2.16. The van der Waals surface area contributed by atoms with E-state index < -0.39 is 6.10 Å². The predicted molar refractivity (Wildman–Crippen MR) is 78.0 cm³/mol. The molecule has 104 valence electrons. The van der Waals surface area contributed by atoms with Crippen LogP contribution < -0.4 is 10.1 Å². The number of benzene rings is 2. The molecule has 4 nitrogen and oxygen atoms in total. The fourth-order valence-electron chi connectivity index (χ4n) is 1.66. The maximum absolute atomic E-state index is 12.0. The van der Waals surface area contributed by atoms with E-state index in [1.807, 2.05) is 31.2 Å². The van der Waals surface area contributed by atoms with Crippen LogP contribution in [0, 0.1) is 6.92 Å². The van der Waals surface area contributed by atoms with Gasteiger partial charge >= 0.3 is 0 Å². The van der Waals surface area contributed by atoms with E-state index in [1.165, 1.54) is 12.1 Å². The highest BCUT2D eigenvalue weighted by atomic mass is 16.5. The highest BCUT2D eigenvalue weighted by Gasteiger charge is 2.14. The molecule has 0 bridgehead atoms. The third-order valence-electron chi connectivity index (χ3n) is 2.84. The number of aryl methyl sites for hydroxylation is 1. The van der Waals surface area contributed by atoms with Crippen molar-refractivity contribution in [3.8, 4) is 11.5 Å². The van der Waals surface area contributed by atoms with Gasteiger partial charge in [-0.2, -0.15) is 0 Å². The summed E-state index contributed by atoms with van der Waals surface area (Å²) < 4.78 is 5.57. The Kier molecular flexibility index (Phi) is 4.25. The minimum absolute atomic E-state index is 0.159. The number of nitrogens with one attached hydrogen (secondary N) is 1. The van der Waals surface area contributed by atoms with Crippen molar-refractivity contribution in [1.82, 2.24) is 0 Å². The average molecular weight is 271 g/mol. The summed E-state index contributed by atoms with van der Waals surface area (Å²) in [5.41, 5.74) is 1.76. The molecule has 0 unspecified atom stereocenters. The van der Waals surface area contributed by atoms with Crippen molar-refractivity contribution in [1.29, 1.82) is 0 Å². The summed E-state index contributed by atoms with van der Waals surface area (Å²) >= 11 is 0. The molecule has 1 atom stereocenters. The molecule has 0 aromatic heterocycles. The van der Waals surface area contributed by atoms with Gasteiger partial charge in [0.25, 0.3) is 5.91 Å². The zero-order chi connectivity index (χ0) is 14.5. The van der Waals surface area contributed by atoms with Crippen molar-refractivity contribution in [2.24, 2.45) is 0 Å². The van der Waals surface area contributed by atoms with Crippen molar-refractivity contribution in [2.75, 3.05) is 5.32 Å². The Hall–Kier alpha value is -2.49. The van der Waals surface area contributed by atoms with Gasteiger partial charge in [-0.25, -0.2) is 0 Å². The van der Waals surface area contributed by atoms with Crippen LogP contribution in [0.3, 0.4) is 0 Å². The topological polar surface area (TPSA) is 58.6 Å². The van der Waals surface area contributed by atoms with Crippen LogP contribution in [0.5, 0.6) is 11.5 Å². The van der Waals surface area contributed by atoms with E-state index in [-0.39, 0.29) is 11.7 Å². The lowest BCUT2D eigenvalue weighted by molar-refractivity contribution is -0.122. The van der Waals surface area contributed by atoms with Crippen molar-refractivity contribution in [3.05, 3.63) is 54.1 Å². The molecule has 1 amide bonds. The summed E-state index contributed by atoms with van der Waals surface area (Å²) in [6, 6.07) is 13.8. The van der Waals surface area contributed by atoms with E-state index in [9.17, 15) is 9.90 Å². The lowest BCUT2D eigenvalue weighted by Gasteiger charge is -2.15. The minimum Gasteiger partial charge on any atom is -0.508 e. The summed E-state index contributed by atoms with van der Waals surface area (Å²) in [6.07, 6.45) is -0.605. The van der Waals surface area contributed by atoms with Crippen LogP contribution in [0.1, 0.15) is 12.5 Å². The van der Waals surface area contributed by atoms with Crippen LogP contribution in [-0.2, 0) is 4.79 Å². The number of hydrogen-bond acceptors (Lipinski definition) is 3. The molecule has 0 saturated carbocycles. The molecule has 0 aliphatic heterocycles. The van der Waals surface area contributed by atoms with Crippen LogP contribution in [-0.4, -0.2) is 17.1 Å². The number of phenols is 1. The van der Waals surface area contributed by atoms with Gasteiger partial charge < -0.3 is 15.2 Å². The molecule has 2 rings (SSSR count). The van der Waals surface area contributed by atoms with Gasteiger partial charge in [-0.05, 0) is 50.2 Å². The van der Waals surface area contributed by atoms with Gasteiger partial charge in [0.2, 0.25) is 0 Å². The zero-order valence-electron chi connectivity index (χ0n) is 11.5. The number of rotatable bonds is 4. The number of aromatic hydroxyl groups is 1. The molecular weight excluding hydrogens is 254 g/mol. The number of hydrogen-bond donors (Lipinski definition) is 2. The maximum Gasteiger partial charge on any atom is 0.265 e. The number of carbonyl (C=O) groups excluding carboxylic acids is 1. The third kappa shape index (κ3) is 3.75. The molecule has 20 heavy (non-hydrogen) atoms. The Morgan fingerprint density at radius 3 is 2.30 bits per heavy atom. The number of anilines is 1. The Morgan fingerprint density at radius 2 is 1.70 bits per heavy atom. The highest BCUT2D eigenvalue weighted by molar-refractivity contribution is 5.94. The number of phenolic OH excluding ortho intramolecular Hbond substituents is 1. The largest absolute Gasteiger partial charge is 0.508 e. The van der Waals surface area contributed by atoms with Crippen LogP contribution in [0.4, 0.5) is 5.69 Å². The molecule has 0 aliphatic carbocycles. The second-order valence-corrected chi connectivity index (χ2v) is 4.61. The van der Waals surface area contributed by atoms with Crippen LogP contribution in [0.15, 0.2) is 48.5 Å². The third-order valence-corrected chi connectivity index (χ3v) is 2.84. The monoisotopic (exact) mass is 271 g/mol. The van der Waals surface area contributed by atoms with Crippen LogP contribution in [0.2, 0.25) is 0 Å². The smallest absolute Gasteiger partial charge is 0.265 e. The fraction of sp³-hybridized carbons (Fsp3) is 0.188. The molecule has 2 aromatic carbocycles. The number of ether oxygens (including phenoxy) is 1. The molecule has 0 heterocycles. The van der Waals surface area contributed by atoms with Gasteiger partial charge in [-0.15, -0.1) is 0 Å². The Balaban J connectivity index is 1.94. The van der Waals surface area contributed by atoms with E-state index in [1.54, 1.807) is 19.1 Å². The molecule has 4 heteroatoms. The first kappa shape index (κ1) is 13.9. The minimum atomic E-state index is -0.605. The van der Waals surface area contributed by atoms with Crippen molar-refractivity contribution >= 4 is 11.6 Å². The fourth-order valence-corrected chi connectivity index (χ4v) is 1.66. The van der Waals surface area contributed by atoms with E-state index >= 15 is 0 Å². The summed E-state index contributed by atoms with van der Waals surface area (Å²) in [6.45, 7) is 3.68. The Labute approximate surface area is 118 Å². The van der Waals surface area contributed by atoms with E-state index in [0.717, 1.165) is 5.56 Å². The van der Waals surface area contributed by atoms with Crippen molar-refractivity contribution in [2.45, 2.75) is 20.0 Å². The molecule has 0 saturated heterocycles. The van der Waals surface area contributed by atoms with Crippen molar-refractivity contribution in [3.63, 3.8) is 0 Å². The quantitative estimate of drug-likeness (QED) is 0.840. The maximum atomic E-state index is 12.0. The molecule has 0 spiro atoms. The summed E-state index contributed by atoms with van der Waals surface area (Å²) in [5.74, 6) is 0.576. The second kappa shape index (κ2) is 6.10. The van der Waals surface area contributed by atoms with Crippen LogP contribution in [0.25, 0.3) is 0 Å². The summed E-state index contributed by atoms with van der Waals surface area (Å²) in [7, 11) is 0. The Bertz CT molecular complexity index is 576. The van der Waals surface area contributed by atoms with Crippen molar-refractivity contribution < 1.29 is 14.6 Å². The predicted octanol–water partition coefficient (Wildman–Crippen LogP) is 3.11. The van der Waals surface area contributed by atoms with Crippen LogP contribution >= 0.6 is 0 Å². The molecular formula is C16H17NO3. The molecule has 2 N–H and O–H groups in total. The lowest BCUT2D eigenvalue weighted by atomic mass is 10.2. The second-order valence-electron chi connectivity index (χ2n) is 4.61. The van der Waals surface area contributed by atoms with Gasteiger partial charge in [0.05, 0.1) is 0 Å². The Morgan fingerprint density at radius 1 is 1.10 bits per heavy atom. The standard InChI is InChI=1S/C16H17NO3/c1-11-3-9-15(10-4-11)20-12(2)16(19)17-13-5-7-14(18)8-6-13/h3-10,12,18H,1-2H3,(H,17,19)/t12-/m1/s1. The van der Waals surface area contributed by atoms with Gasteiger partial charge in [-0.3, -0.25) is 4.79 Å². The lowest BCUT2D eigenvalue weighted by Crippen LogP contribution is -2.30. The summed E-state index contributed by atoms with van der Waals surface area (Å²) in [4.78, 5) is 12.0. The first-order chi connectivity index (χ1) is 9.54. The average Bonchev–Trinajstić information content (AvgIpc) is 2.44. The van der Waals surface area contributed by atoms with Gasteiger partial charge in [0.15, 0.2) is 6.10 Å². The molecule has 0 fully saturated rings.